The van der Waals surface area contributed by atoms with Gasteiger partial charge in [0.25, 0.3) is 0 Å². The van der Waals surface area contributed by atoms with Gasteiger partial charge in [-0.25, -0.2) is 4.79 Å². The molecular weight excluding hydrogens is 336 g/mol. The van der Waals surface area contributed by atoms with Crippen LogP contribution < -0.4 is 0 Å². The second-order valence-electron chi connectivity index (χ2n) is 8.47. The maximum atomic E-state index is 12.4. The van der Waals surface area contributed by atoms with Crippen molar-refractivity contribution in [2.24, 2.45) is 11.8 Å². The molecule has 26 heavy (non-hydrogen) atoms. The third-order valence-electron chi connectivity index (χ3n) is 5.16. The molecule has 0 aromatic rings. The van der Waals surface area contributed by atoms with Crippen molar-refractivity contribution in [1.29, 1.82) is 0 Å². The molecule has 2 rings (SSSR count). The van der Waals surface area contributed by atoms with E-state index in [9.17, 15) is 14.4 Å². The van der Waals surface area contributed by atoms with E-state index in [1.807, 2.05) is 20.8 Å². The number of carboxylic acids is 1. The highest BCUT2D eigenvalue weighted by Gasteiger charge is 2.30. The van der Waals surface area contributed by atoms with Gasteiger partial charge in [0.15, 0.2) is 0 Å². The predicted octanol–water partition coefficient (Wildman–Crippen LogP) is 2.74. The van der Waals surface area contributed by atoms with Gasteiger partial charge in [-0.1, -0.05) is 0 Å². The van der Waals surface area contributed by atoms with Crippen LogP contribution in [0.15, 0.2) is 0 Å². The molecule has 0 bridgehead atoms. The van der Waals surface area contributed by atoms with Crippen LogP contribution in [-0.2, 0) is 14.3 Å². The van der Waals surface area contributed by atoms with Gasteiger partial charge in [0.2, 0.25) is 5.91 Å². The molecule has 0 aromatic carbocycles. The highest BCUT2D eigenvalue weighted by Crippen LogP contribution is 2.25. The molecule has 1 atom stereocenters. The van der Waals surface area contributed by atoms with Gasteiger partial charge in [0, 0.05) is 32.6 Å². The molecular formula is C19H32N2O5. The summed E-state index contributed by atoms with van der Waals surface area (Å²) >= 11 is 0. The number of rotatable bonds is 4. The standard InChI is InChI=1S/C19H32N2O5/c1-19(2,3)26-18(25)20-11-8-14(9-12-20)6-7-16(22)21-10-4-5-15(13-21)17(23)24/h14-15H,4-13H2,1-3H3,(H,23,24)/t15-/m0/s1. The number of carbonyl (C=O) groups is 3. The summed E-state index contributed by atoms with van der Waals surface area (Å²) in [4.78, 5) is 39.0. The first-order valence-electron chi connectivity index (χ1n) is 9.64. The van der Waals surface area contributed by atoms with Crippen molar-refractivity contribution in [2.75, 3.05) is 26.2 Å². The Kier molecular flexibility index (Phi) is 6.89. The first kappa shape index (κ1) is 20.5. The molecule has 7 nitrogen and oxygen atoms in total. The fourth-order valence-corrected chi connectivity index (χ4v) is 3.62. The number of carboxylic acid groups (broad SMARTS) is 1. The number of ether oxygens (including phenoxy) is 1. The normalized spacial score (nSPS) is 22.2. The number of aliphatic carboxylic acids is 1. The predicted molar refractivity (Wildman–Crippen MR) is 96.7 cm³/mol. The largest absolute Gasteiger partial charge is 0.481 e. The Morgan fingerprint density at radius 3 is 2.27 bits per heavy atom. The number of carbonyl (C=O) groups excluding carboxylic acids is 2. The lowest BCUT2D eigenvalue weighted by Gasteiger charge is -2.34. The number of likely N-dealkylation sites (tertiary alicyclic amines) is 2. The first-order chi connectivity index (χ1) is 12.2. The molecule has 0 saturated carbocycles. The van der Waals surface area contributed by atoms with Gasteiger partial charge in [0.05, 0.1) is 5.92 Å². The van der Waals surface area contributed by atoms with E-state index in [1.54, 1.807) is 9.80 Å². The first-order valence-corrected chi connectivity index (χ1v) is 9.64. The van der Waals surface area contributed by atoms with Crippen molar-refractivity contribution < 1.29 is 24.2 Å². The Morgan fingerprint density at radius 2 is 1.69 bits per heavy atom. The number of amides is 2. The Hall–Kier alpha value is -1.79. The van der Waals surface area contributed by atoms with E-state index in [1.165, 1.54) is 0 Å². The van der Waals surface area contributed by atoms with Crippen LogP contribution >= 0.6 is 0 Å². The van der Waals surface area contributed by atoms with E-state index in [0.717, 1.165) is 25.7 Å². The number of piperidine rings is 2. The van der Waals surface area contributed by atoms with Gasteiger partial charge in [-0.2, -0.15) is 0 Å². The molecule has 2 amide bonds. The Bertz CT molecular complexity index is 521. The van der Waals surface area contributed by atoms with Crippen LogP contribution in [0.1, 0.15) is 59.3 Å². The number of hydrogen-bond acceptors (Lipinski definition) is 4. The molecule has 2 fully saturated rings. The fraction of sp³-hybridized carbons (Fsp3) is 0.842. The van der Waals surface area contributed by atoms with E-state index < -0.39 is 17.5 Å². The van der Waals surface area contributed by atoms with Crippen LogP contribution in [0.5, 0.6) is 0 Å². The average Bonchev–Trinajstić information content (AvgIpc) is 2.58. The zero-order valence-electron chi connectivity index (χ0n) is 16.2. The molecule has 1 N–H and O–H groups in total. The van der Waals surface area contributed by atoms with Crippen LogP contribution in [-0.4, -0.2) is 64.7 Å². The highest BCUT2D eigenvalue weighted by atomic mass is 16.6. The monoisotopic (exact) mass is 368 g/mol. The minimum Gasteiger partial charge on any atom is -0.481 e. The van der Waals surface area contributed by atoms with Gasteiger partial charge >= 0.3 is 12.1 Å². The van der Waals surface area contributed by atoms with Gasteiger partial charge in [-0.05, 0) is 58.8 Å². The second-order valence-corrected chi connectivity index (χ2v) is 8.47. The lowest BCUT2D eigenvalue weighted by atomic mass is 9.91. The van der Waals surface area contributed by atoms with Crippen molar-refractivity contribution in [2.45, 2.75) is 64.9 Å². The van der Waals surface area contributed by atoms with Gasteiger partial charge < -0.3 is 19.6 Å². The van der Waals surface area contributed by atoms with Crippen molar-refractivity contribution in [1.82, 2.24) is 9.80 Å². The molecule has 2 heterocycles. The van der Waals surface area contributed by atoms with E-state index >= 15 is 0 Å². The van der Waals surface area contributed by atoms with Crippen LogP contribution in [0, 0.1) is 11.8 Å². The van der Waals surface area contributed by atoms with Crippen LogP contribution in [0.25, 0.3) is 0 Å². The molecule has 2 saturated heterocycles. The van der Waals surface area contributed by atoms with Gasteiger partial charge in [0.1, 0.15) is 5.60 Å². The van der Waals surface area contributed by atoms with Gasteiger partial charge in [-0.15, -0.1) is 0 Å². The summed E-state index contributed by atoms with van der Waals surface area (Å²) in [5, 5.41) is 9.13. The van der Waals surface area contributed by atoms with E-state index in [-0.39, 0.29) is 12.0 Å². The van der Waals surface area contributed by atoms with Crippen LogP contribution in [0.3, 0.4) is 0 Å². The SMILES string of the molecule is CC(C)(C)OC(=O)N1CCC(CCC(=O)N2CCC[C@H](C(=O)O)C2)CC1. The summed E-state index contributed by atoms with van der Waals surface area (Å²) in [6, 6.07) is 0. The summed E-state index contributed by atoms with van der Waals surface area (Å²) in [5.41, 5.74) is -0.484. The molecule has 148 valence electrons. The van der Waals surface area contributed by atoms with Crippen molar-refractivity contribution in [3.63, 3.8) is 0 Å². The molecule has 0 spiro atoms. The Morgan fingerprint density at radius 1 is 1.04 bits per heavy atom. The molecule has 0 unspecified atom stereocenters. The van der Waals surface area contributed by atoms with E-state index in [4.69, 9.17) is 9.84 Å². The maximum absolute atomic E-state index is 12.4. The minimum atomic E-state index is -0.808. The van der Waals surface area contributed by atoms with E-state index in [0.29, 0.717) is 44.9 Å². The minimum absolute atomic E-state index is 0.0607. The zero-order chi connectivity index (χ0) is 19.3. The molecule has 0 aliphatic carbocycles. The summed E-state index contributed by atoms with van der Waals surface area (Å²) in [5.74, 6) is -0.745. The molecule has 7 heteroatoms. The quantitative estimate of drug-likeness (QED) is 0.824. The second kappa shape index (κ2) is 8.73. The van der Waals surface area contributed by atoms with Crippen molar-refractivity contribution in [3.05, 3.63) is 0 Å². The molecule has 2 aliphatic rings. The molecule has 0 aromatic heterocycles. The number of hydrogen-bond donors (Lipinski definition) is 1. The summed E-state index contributed by atoms with van der Waals surface area (Å²) < 4.78 is 5.40. The summed E-state index contributed by atoms with van der Waals surface area (Å²) in [7, 11) is 0. The lowest BCUT2D eigenvalue weighted by Crippen LogP contribution is -2.43. The summed E-state index contributed by atoms with van der Waals surface area (Å²) in [6.07, 6.45) is 4.17. The Labute approximate surface area is 155 Å². The third-order valence-corrected chi connectivity index (χ3v) is 5.16. The van der Waals surface area contributed by atoms with Crippen LogP contribution in [0.2, 0.25) is 0 Å². The topological polar surface area (TPSA) is 87.2 Å². The van der Waals surface area contributed by atoms with Crippen LogP contribution in [0.4, 0.5) is 4.79 Å². The maximum Gasteiger partial charge on any atom is 0.410 e. The highest BCUT2D eigenvalue weighted by molar-refractivity contribution is 5.78. The van der Waals surface area contributed by atoms with Crippen molar-refractivity contribution >= 4 is 18.0 Å². The van der Waals surface area contributed by atoms with E-state index in [2.05, 4.69) is 0 Å². The average molecular weight is 368 g/mol. The Balaban J connectivity index is 1.70. The number of nitrogens with zero attached hydrogens (tertiary/aromatic N) is 2. The molecule has 0 radical (unpaired) electrons. The van der Waals surface area contributed by atoms with Gasteiger partial charge in [-0.3, -0.25) is 9.59 Å². The fourth-order valence-electron chi connectivity index (χ4n) is 3.62. The van der Waals surface area contributed by atoms with Crippen molar-refractivity contribution in [3.8, 4) is 0 Å². The third kappa shape index (κ3) is 6.18. The lowest BCUT2D eigenvalue weighted by molar-refractivity contribution is -0.145. The smallest absolute Gasteiger partial charge is 0.410 e. The molecule has 2 aliphatic heterocycles. The summed E-state index contributed by atoms with van der Waals surface area (Å²) in [6.45, 7) is 7.92. The zero-order valence-corrected chi connectivity index (χ0v) is 16.2.